The van der Waals surface area contributed by atoms with Crippen LogP contribution in [-0.4, -0.2) is 45.9 Å². The average molecular weight is 440 g/mol. The van der Waals surface area contributed by atoms with E-state index in [1.54, 1.807) is 18.2 Å². The molecule has 0 aliphatic carbocycles. The molecule has 3 aromatic rings. The number of aromatic nitrogens is 4. The van der Waals surface area contributed by atoms with Gasteiger partial charge in [-0.1, -0.05) is 0 Å². The third-order valence-electron chi connectivity index (χ3n) is 3.75. The van der Waals surface area contributed by atoms with Gasteiger partial charge in [0, 0.05) is 22.9 Å². The number of methoxy groups -OCH3 is 2. The Morgan fingerprint density at radius 3 is 2.47 bits per heavy atom. The smallest absolute Gasteiger partial charge is 0.487 e. The molecule has 0 spiro atoms. The first-order valence-electron chi connectivity index (χ1n) is 8.43. The second-order valence-corrected chi connectivity index (χ2v) is 6.27. The molecule has 158 valence electrons. The summed E-state index contributed by atoms with van der Waals surface area (Å²) in [6, 6.07) is 10.4. The first kappa shape index (κ1) is 21.2. The van der Waals surface area contributed by atoms with E-state index < -0.39 is 11.5 Å². The van der Waals surface area contributed by atoms with Crippen LogP contribution in [0.25, 0.3) is 11.4 Å². The Morgan fingerprint density at radius 1 is 1.13 bits per heavy atom. The van der Waals surface area contributed by atoms with Crippen molar-refractivity contribution in [1.82, 2.24) is 20.2 Å². The molecule has 0 aliphatic heterocycles. The lowest BCUT2D eigenvalue weighted by Gasteiger charge is -2.11. The normalized spacial score (nSPS) is 11.1. The maximum atomic E-state index is 12.6. The SMILES string of the molecule is COc1ccc(-c2nnn(CC(=O)Nc3ccc(OC(F)(F)Cl)cc3)n2)cc1OC. The van der Waals surface area contributed by atoms with Crippen LogP contribution in [0.1, 0.15) is 0 Å². The lowest BCUT2D eigenvalue weighted by Crippen LogP contribution is -2.20. The van der Waals surface area contributed by atoms with Gasteiger partial charge in [-0.2, -0.15) is 4.80 Å². The van der Waals surface area contributed by atoms with Crippen molar-refractivity contribution in [2.45, 2.75) is 12.1 Å². The summed E-state index contributed by atoms with van der Waals surface area (Å²) in [6.45, 7) is -0.210. The van der Waals surface area contributed by atoms with Crippen molar-refractivity contribution in [2.75, 3.05) is 19.5 Å². The van der Waals surface area contributed by atoms with Crippen molar-refractivity contribution in [1.29, 1.82) is 0 Å². The minimum Gasteiger partial charge on any atom is -0.493 e. The molecule has 3 rings (SSSR count). The van der Waals surface area contributed by atoms with Gasteiger partial charge >= 0.3 is 5.57 Å². The van der Waals surface area contributed by atoms with Crippen LogP contribution in [-0.2, 0) is 11.3 Å². The summed E-state index contributed by atoms with van der Waals surface area (Å²) >= 11 is 4.70. The Morgan fingerprint density at radius 2 is 1.83 bits per heavy atom. The van der Waals surface area contributed by atoms with E-state index in [2.05, 4.69) is 25.5 Å². The number of benzene rings is 2. The molecular weight excluding hydrogens is 424 g/mol. The number of halogens is 3. The Hall–Kier alpha value is -3.47. The molecule has 1 aromatic heterocycles. The summed E-state index contributed by atoms with van der Waals surface area (Å²) in [7, 11) is 3.04. The van der Waals surface area contributed by atoms with E-state index in [0.717, 1.165) is 4.80 Å². The first-order valence-corrected chi connectivity index (χ1v) is 8.81. The highest BCUT2D eigenvalue weighted by atomic mass is 35.5. The van der Waals surface area contributed by atoms with Crippen LogP contribution in [0.4, 0.5) is 14.5 Å². The number of anilines is 1. The number of hydrogen-bond acceptors (Lipinski definition) is 7. The van der Waals surface area contributed by atoms with E-state index in [1.165, 1.54) is 38.5 Å². The number of alkyl halides is 3. The molecule has 0 radical (unpaired) electrons. The number of rotatable bonds is 8. The zero-order valence-electron chi connectivity index (χ0n) is 15.8. The molecule has 1 amide bonds. The molecule has 0 atom stereocenters. The molecular formula is C18H16ClF2N5O4. The minimum absolute atomic E-state index is 0.148. The van der Waals surface area contributed by atoms with Gasteiger partial charge in [0.05, 0.1) is 14.2 Å². The molecule has 30 heavy (non-hydrogen) atoms. The van der Waals surface area contributed by atoms with Gasteiger partial charge in [-0.3, -0.25) is 4.79 Å². The van der Waals surface area contributed by atoms with E-state index in [0.29, 0.717) is 28.6 Å². The number of amides is 1. The van der Waals surface area contributed by atoms with Gasteiger partial charge in [-0.15, -0.1) is 19.0 Å². The van der Waals surface area contributed by atoms with Crippen molar-refractivity contribution >= 4 is 23.2 Å². The molecule has 0 saturated heterocycles. The molecule has 0 bridgehead atoms. The molecule has 1 heterocycles. The van der Waals surface area contributed by atoms with Gasteiger partial charge < -0.3 is 19.5 Å². The highest BCUT2D eigenvalue weighted by Gasteiger charge is 2.27. The van der Waals surface area contributed by atoms with Crippen LogP contribution in [0.15, 0.2) is 42.5 Å². The maximum Gasteiger partial charge on any atom is 0.487 e. The summed E-state index contributed by atoms with van der Waals surface area (Å²) < 4.78 is 39.8. The molecule has 0 saturated carbocycles. The monoisotopic (exact) mass is 439 g/mol. The second kappa shape index (κ2) is 8.91. The van der Waals surface area contributed by atoms with Crippen molar-refractivity contribution in [3.05, 3.63) is 42.5 Å². The number of tetrazole rings is 1. The lowest BCUT2D eigenvalue weighted by molar-refractivity contribution is -0.117. The number of hydrogen-bond donors (Lipinski definition) is 1. The summed E-state index contributed by atoms with van der Waals surface area (Å²) in [5, 5.41) is 14.5. The largest absolute Gasteiger partial charge is 0.493 e. The molecule has 0 fully saturated rings. The fraction of sp³-hybridized carbons (Fsp3) is 0.222. The van der Waals surface area contributed by atoms with E-state index >= 15 is 0 Å². The van der Waals surface area contributed by atoms with Crippen molar-refractivity contribution in [2.24, 2.45) is 0 Å². The second-order valence-electron chi connectivity index (χ2n) is 5.83. The Labute approximate surface area is 174 Å². The van der Waals surface area contributed by atoms with Gasteiger partial charge in [0.1, 0.15) is 12.3 Å². The predicted molar refractivity (Wildman–Crippen MR) is 103 cm³/mol. The number of carbonyl (C=O) groups excluding carboxylic acids is 1. The average Bonchev–Trinajstić information content (AvgIpc) is 3.16. The highest BCUT2D eigenvalue weighted by Crippen LogP contribution is 2.30. The van der Waals surface area contributed by atoms with Crippen LogP contribution in [0, 0.1) is 0 Å². The first-order chi connectivity index (χ1) is 14.3. The number of nitrogens with one attached hydrogen (secondary N) is 1. The summed E-state index contributed by atoms with van der Waals surface area (Å²) in [5.74, 6) is 0.767. The maximum absolute atomic E-state index is 12.6. The Balaban J connectivity index is 1.62. The highest BCUT2D eigenvalue weighted by molar-refractivity contribution is 6.20. The minimum atomic E-state index is -3.81. The van der Waals surface area contributed by atoms with Crippen LogP contribution >= 0.6 is 11.6 Å². The Bertz CT molecular complexity index is 1020. The molecule has 9 nitrogen and oxygen atoms in total. The van der Waals surface area contributed by atoms with Gasteiger partial charge in [0.25, 0.3) is 0 Å². The Kier molecular flexibility index (Phi) is 6.31. The van der Waals surface area contributed by atoms with Crippen molar-refractivity contribution in [3.63, 3.8) is 0 Å². The van der Waals surface area contributed by atoms with E-state index in [-0.39, 0.29) is 12.3 Å². The van der Waals surface area contributed by atoms with Crippen LogP contribution in [0.5, 0.6) is 17.2 Å². The summed E-state index contributed by atoms with van der Waals surface area (Å²) in [5.41, 5.74) is -2.81. The molecule has 0 unspecified atom stereocenters. The van der Waals surface area contributed by atoms with Gasteiger partial charge in [0.15, 0.2) is 11.5 Å². The third kappa shape index (κ3) is 5.54. The number of carbonyl (C=O) groups is 1. The van der Waals surface area contributed by atoms with Crippen LogP contribution < -0.4 is 19.5 Å². The van der Waals surface area contributed by atoms with Crippen molar-refractivity contribution in [3.8, 4) is 28.6 Å². The number of nitrogens with zero attached hydrogens (tertiary/aromatic N) is 4. The fourth-order valence-corrected chi connectivity index (χ4v) is 2.56. The number of ether oxygens (including phenoxy) is 3. The molecule has 1 N–H and O–H groups in total. The van der Waals surface area contributed by atoms with E-state index in [1.807, 2.05) is 0 Å². The van der Waals surface area contributed by atoms with Crippen LogP contribution in [0.2, 0.25) is 0 Å². The van der Waals surface area contributed by atoms with Gasteiger partial charge in [0.2, 0.25) is 11.7 Å². The quantitative estimate of drug-likeness (QED) is 0.538. The lowest BCUT2D eigenvalue weighted by atomic mass is 10.2. The predicted octanol–water partition coefficient (Wildman–Crippen LogP) is 3.16. The van der Waals surface area contributed by atoms with Crippen LogP contribution in [0.3, 0.4) is 0 Å². The summed E-state index contributed by atoms with van der Waals surface area (Å²) in [6.07, 6.45) is 0. The van der Waals surface area contributed by atoms with Gasteiger partial charge in [-0.05, 0) is 47.7 Å². The van der Waals surface area contributed by atoms with E-state index in [4.69, 9.17) is 21.1 Å². The molecule has 2 aromatic carbocycles. The topological polar surface area (TPSA) is 100 Å². The standard InChI is InChI=1S/C18H16ClF2N5O4/c1-28-14-8-3-11(9-15(14)29-2)17-23-25-26(24-17)10-16(27)22-12-4-6-13(7-5-12)30-18(19,20)21/h3-9H,10H2,1-2H3,(H,22,27). The molecule has 12 heteroatoms. The summed E-state index contributed by atoms with van der Waals surface area (Å²) in [4.78, 5) is 13.3. The fourth-order valence-electron chi connectivity index (χ4n) is 2.47. The molecule has 0 aliphatic rings. The van der Waals surface area contributed by atoms with E-state index in [9.17, 15) is 13.6 Å². The zero-order valence-corrected chi connectivity index (χ0v) is 16.6. The van der Waals surface area contributed by atoms with Crippen molar-refractivity contribution < 1.29 is 27.8 Å². The zero-order chi connectivity index (χ0) is 21.7. The third-order valence-corrected chi connectivity index (χ3v) is 3.83. The van der Waals surface area contributed by atoms with Gasteiger partial charge in [-0.25, -0.2) is 0 Å².